The fraction of sp³-hybridized carbons (Fsp3) is 0.375. The van der Waals surface area contributed by atoms with Crippen LogP contribution in [-0.2, 0) is 16.4 Å². The average Bonchev–Trinajstić information content (AvgIpc) is 3.23. The van der Waals surface area contributed by atoms with Crippen LogP contribution in [0.5, 0.6) is 0 Å². The van der Waals surface area contributed by atoms with Crippen LogP contribution in [0.4, 0.5) is 6.01 Å². The van der Waals surface area contributed by atoms with Crippen LogP contribution in [0.15, 0.2) is 51.8 Å². The Kier molecular flexibility index (Phi) is 7.99. The first-order chi connectivity index (χ1) is 15.7. The Morgan fingerprint density at radius 3 is 2.39 bits per heavy atom. The molecule has 1 heterocycles. The van der Waals surface area contributed by atoms with Gasteiger partial charge in [-0.1, -0.05) is 43.6 Å². The van der Waals surface area contributed by atoms with E-state index in [9.17, 15) is 13.2 Å². The number of amides is 1. The second-order valence-electron chi connectivity index (χ2n) is 7.93. The Bertz CT molecular complexity index is 1200. The third-order valence-electron chi connectivity index (χ3n) is 5.48. The van der Waals surface area contributed by atoms with Crippen LogP contribution < -0.4 is 5.32 Å². The zero-order valence-electron chi connectivity index (χ0n) is 19.5. The second-order valence-corrected chi connectivity index (χ2v) is 9.86. The number of benzene rings is 2. The van der Waals surface area contributed by atoms with Gasteiger partial charge in [0.15, 0.2) is 0 Å². The van der Waals surface area contributed by atoms with Gasteiger partial charge in [0.05, 0.1) is 11.3 Å². The molecule has 2 aromatic carbocycles. The standard InChI is InChI=1S/C24H30N4O4S/c1-5-7-14-28(6-2)33(30,31)21-12-10-20(11-13-21)23(29)25-24-27-26-22(32-24)16-19-9-8-17(3)18(4)15-19/h8-13,15H,5-7,14,16H2,1-4H3,(H,25,27,29). The number of carbonyl (C=O) groups excluding carboxylic acids is 1. The van der Waals surface area contributed by atoms with Gasteiger partial charge < -0.3 is 4.42 Å². The molecule has 9 heteroatoms. The maximum atomic E-state index is 12.8. The van der Waals surface area contributed by atoms with E-state index in [-0.39, 0.29) is 10.9 Å². The van der Waals surface area contributed by atoms with Gasteiger partial charge >= 0.3 is 6.01 Å². The number of nitrogens with one attached hydrogen (secondary N) is 1. The first-order valence-corrected chi connectivity index (χ1v) is 12.5. The van der Waals surface area contributed by atoms with Gasteiger partial charge in [-0.05, 0) is 61.2 Å². The summed E-state index contributed by atoms with van der Waals surface area (Å²) in [6, 6.07) is 11.9. The molecule has 0 saturated carbocycles. The van der Waals surface area contributed by atoms with Crippen molar-refractivity contribution in [3.63, 3.8) is 0 Å². The number of unbranched alkanes of at least 4 members (excludes halogenated alkanes) is 1. The van der Waals surface area contributed by atoms with E-state index in [1.165, 1.54) is 39.7 Å². The maximum absolute atomic E-state index is 12.8. The largest absolute Gasteiger partial charge is 0.407 e. The Morgan fingerprint density at radius 2 is 1.76 bits per heavy atom. The molecule has 0 aliphatic rings. The average molecular weight is 471 g/mol. The van der Waals surface area contributed by atoms with Gasteiger partial charge in [0, 0.05) is 18.7 Å². The topological polar surface area (TPSA) is 105 Å². The van der Waals surface area contributed by atoms with Crippen molar-refractivity contribution < 1.29 is 17.6 Å². The molecule has 0 saturated heterocycles. The van der Waals surface area contributed by atoms with Crippen molar-refractivity contribution in [3.05, 3.63) is 70.6 Å². The summed E-state index contributed by atoms with van der Waals surface area (Å²) in [5, 5.41) is 10.4. The summed E-state index contributed by atoms with van der Waals surface area (Å²) in [5.74, 6) is -0.0691. The summed E-state index contributed by atoms with van der Waals surface area (Å²) in [6.45, 7) is 8.79. The summed E-state index contributed by atoms with van der Waals surface area (Å²) in [4.78, 5) is 12.7. The lowest BCUT2D eigenvalue weighted by molar-refractivity contribution is 0.102. The number of carbonyl (C=O) groups is 1. The second kappa shape index (κ2) is 10.7. The van der Waals surface area contributed by atoms with Crippen molar-refractivity contribution in [1.29, 1.82) is 0 Å². The Hall–Kier alpha value is -3.04. The fourth-order valence-corrected chi connectivity index (χ4v) is 4.83. The molecule has 0 radical (unpaired) electrons. The van der Waals surface area contributed by atoms with Gasteiger partial charge in [0.1, 0.15) is 0 Å². The van der Waals surface area contributed by atoms with Gasteiger partial charge in [0.25, 0.3) is 5.91 Å². The van der Waals surface area contributed by atoms with Gasteiger partial charge in [-0.3, -0.25) is 10.1 Å². The Morgan fingerprint density at radius 1 is 1.03 bits per heavy atom. The van der Waals surface area contributed by atoms with Crippen LogP contribution in [0, 0.1) is 13.8 Å². The van der Waals surface area contributed by atoms with Gasteiger partial charge in [-0.2, -0.15) is 4.31 Å². The highest BCUT2D eigenvalue weighted by Crippen LogP contribution is 2.19. The zero-order valence-corrected chi connectivity index (χ0v) is 20.3. The minimum Gasteiger partial charge on any atom is -0.407 e. The molecule has 0 aliphatic heterocycles. The predicted octanol–water partition coefficient (Wildman–Crippen LogP) is 4.34. The monoisotopic (exact) mass is 470 g/mol. The summed E-state index contributed by atoms with van der Waals surface area (Å²) in [5.41, 5.74) is 3.72. The number of aromatic nitrogens is 2. The lowest BCUT2D eigenvalue weighted by atomic mass is 10.0. The van der Waals surface area contributed by atoms with Crippen LogP contribution in [0.25, 0.3) is 0 Å². The predicted molar refractivity (Wildman–Crippen MR) is 127 cm³/mol. The number of hydrogen-bond donors (Lipinski definition) is 1. The highest BCUT2D eigenvalue weighted by atomic mass is 32.2. The SMILES string of the molecule is CCCCN(CC)S(=O)(=O)c1ccc(C(=O)Nc2nnc(Cc3ccc(C)c(C)c3)o2)cc1. The number of nitrogens with zero attached hydrogens (tertiary/aromatic N) is 3. The van der Waals surface area contributed by atoms with Crippen molar-refractivity contribution in [2.45, 2.75) is 51.9 Å². The molecule has 8 nitrogen and oxygen atoms in total. The summed E-state index contributed by atoms with van der Waals surface area (Å²) in [6.07, 6.45) is 2.17. The minimum atomic E-state index is -3.60. The van der Waals surface area contributed by atoms with Gasteiger partial charge in [-0.25, -0.2) is 8.42 Å². The smallest absolute Gasteiger partial charge is 0.322 e. The highest BCUT2D eigenvalue weighted by molar-refractivity contribution is 7.89. The molecular formula is C24H30N4O4S. The molecule has 1 amide bonds. The summed E-state index contributed by atoms with van der Waals surface area (Å²) < 4.78 is 32.7. The quantitative estimate of drug-likeness (QED) is 0.472. The molecule has 3 aromatic rings. The van der Waals surface area contributed by atoms with E-state index >= 15 is 0 Å². The van der Waals surface area contributed by atoms with E-state index in [2.05, 4.69) is 21.6 Å². The number of anilines is 1. The van der Waals surface area contributed by atoms with Gasteiger partial charge in [-0.15, -0.1) is 5.10 Å². The van der Waals surface area contributed by atoms with E-state index in [1.807, 2.05) is 39.8 Å². The van der Waals surface area contributed by atoms with E-state index < -0.39 is 15.9 Å². The fourth-order valence-electron chi connectivity index (χ4n) is 3.34. The Labute approximate surface area is 195 Å². The van der Waals surface area contributed by atoms with Crippen LogP contribution in [0.1, 0.15) is 59.6 Å². The Balaban J connectivity index is 1.66. The van der Waals surface area contributed by atoms with Crippen LogP contribution in [-0.4, -0.2) is 41.9 Å². The number of rotatable bonds is 10. The normalized spacial score (nSPS) is 11.7. The molecule has 0 atom stereocenters. The summed E-state index contributed by atoms with van der Waals surface area (Å²) >= 11 is 0. The molecule has 0 aliphatic carbocycles. The van der Waals surface area contributed by atoms with Gasteiger partial charge in [0.2, 0.25) is 15.9 Å². The lowest BCUT2D eigenvalue weighted by Gasteiger charge is -2.20. The molecule has 0 fully saturated rings. The molecule has 0 bridgehead atoms. The first kappa shape index (κ1) is 24.6. The van der Waals surface area contributed by atoms with E-state index in [4.69, 9.17) is 4.42 Å². The van der Waals surface area contributed by atoms with E-state index in [0.29, 0.717) is 31.0 Å². The molecule has 33 heavy (non-hydrogen) atoms. The van der Waals surface area contributed by atoms with Crippen molar-refractivity contribution >= 4 is 21.9 Å². The maximum Gasteiger partial charge on any atom is 0.322 e. The third kappa shape index (κ3) is 6.06. The van der Waals surface area contributed by atoms with Crippen molar-refractivity contribution in [2.24, 2.45) is 0 Å². The first-order valence-electron chi connectivity index (χ1n) is 11.0. The number of sulfonamides is 1. The molecule has 176 valence electrons. The molecule has 0 spiro atoms. The number of hydrogen-bond acceptors (Lipinski definition) is 6. The minimum absolute atomic E-state index is 0.00717. The van der Waals surface area contributed by atoms with Crippen molar-refractivity contribution in [1.82, 2.24) is 14.5 Å². The molecule has 3 rings (SSSR count). The van der Waals surface area contributed by atoms with E-state index in [0.717, 1.165) is 18.4 Å². The molecule has 0 unspecified atom stereocenters. The molecule has 1 N–H and O–H groups in total. The van der Waals surface area contributed by atoms with Crippen LogP contribution >= 0.6 is 0 Å². The molecule has 1 aromatic heterocycles. The number of aryl methyl sites for hydroxylation is 2. The third-order valence-corrected chi connectivity index (χ3v) is 7.47. The van der Waals surface area contributed by atoms with E-state index in [1.54, 1.807) is 0 Å². The lowest BCUT2D eigenvalue weighted by Crippen LogP contribution is -2.31. The van der Waals surface area contributed by atoms with Crippen LogP contribution in [0.2, 0.25) is 0 Å². The zero-order chi connectivity index (χ0) is 24.0. The summed E-state index contributed by atoms with van der Waals surface area (Å²) in [7, 11) is -3.60. The highest BCUT2D eigenvalue weighted by Gasteiger charge is 2.23. The van der Waals surface area contributed by atoms with Crippen molar-refractivity contribution in [3.8, 4) is 0 Å². The van der Waals surface area contributed by atoms with Crippen LogP contribution in [0.3, 0.4) is 0 Å². The molecular weight excluding hydrogens is 440 g/mol. The van der Waals surface area contributed by atoms with Crippen molar-refractivity contribution in [2.75, 3.05) is 18.4 Å².